The van der Waals surface area contributed by atoms with Gasteiger partial charge in [0.05, 0.1) is 7.11 Å². The van der Waals surface area contributed by atoms with Gasteiger partial charge in [0.1, 0.15) is 12.1 Å². The summed E-state index contributed by atoms with van der Waals surface area (Å²) < 4.78 is 7.11. The van der Waals surface area contributed by atoms with E-state index in [2.05, 4.69) is 20.5 Å². The summed E-state index contributed by atoms with van der Waals surface area (Å²) in [6, 6.07) is 5.52. The van der Waals surface area contributed by atoms with Crippen LogP contribution in [0.25, 0.3) is 5.65 Å². The highest BCUT2D eigenvalue weighted by Crippen LogP contribution is 2.22. The van der Waals surface area contributed by atoms with Crippen LogP contribution in [0.3, 0.4) is 0 Å². The first-order valence-corrected chi connectivity index (χ1v) is 6.08. The lowest BCUT2D eigenvalue weighted by Crippen LogP contribution is -2.05. The number of nitrogens with zero attached hydrogens (tertiary/aromatic N) is 4. The van der Waals surface area contributed by atoms with Crippen LogP contribution in [-0.2, 0) is 6.54 Å². The maximum absolute atomic E-state index is 5.80. The molecule has 0 saturated heterocycles. The summed E-state index contributed by atoms with van der Waals surface area (Å²) in [5.41, 5.74) is 8.12. The van der Waals surface area contributed by atoms with Crippen LogP contribution in [0.1, 0.15) is 5.56 Å². The van der Waals surface area contributed by atoms with E-state index in [0.717, 1.165) is 11.3 Å². The molecule has 1 aromatic carbocycles. The average Bonchev–Trinajstić information content (AvgIpc) is 2.94. The predicted molar refractivity (Wildman–Crippen MR) is 75.5 cm³/mol. The molecule has 0 fully saturated rings. The van der Waals surface area contributed by atoms with E-state index < -0.39 is 0 Å². The van der Waals surface area contributed by atoms with Crippen molar-refractivity contribution in [3.8, 4) is 5.75 Å². The summed E-state index contributed by atoms with van der Waals surface area (Å²) in [7, 11) is 1.63. The molecule has 0 spiro atoms. The Morgan fingerprint density at radius 2 is 2.30 bits per heavy atom. The number of nitrogens with one attached hydrogen (secondary N) is 1. The molecule has 3 rings (SSSR count). The van der Waals surface area contributed by atoms with Crippen LogP contribution in [0.2, 0.25) is 0 Å². The molecule has 0 aliphatic rings. The minimum absolute atomic E-state index is 0.535. The first-order valence-electron chi connectivity index (χ1n) is 6.08. The predicted octanol–water partition coefficient (Wildman–Crippen LogP) is 1.33. The van der Waals surface area contributed by atoms with Crippen LogP contribution in [0.5, 0.6) is 5.75 Å². The van der Waals surface area contributed by atoms with Crippen LogP contribution in [0.4, 0.5) is 11.5 Å². The number of benzene rings is 1. The quantitative estimate of drug-likeness (QED) is 0.695. The van der Waals surface area contributed by atoms with Crippen molar-refractivity contribution in [2.45, 2.75) is 6.54 Å². The third-order valence-corrected chi connectivity index (χ3v) is 2.97. The molecule has 0 bridgehead atoms. The minimum Gasteiger partial charge on any atom is -0.496 e. The molecular formula is C13H14N6O. The highest BCUT2D eigenvalue weighted by Gasteiger charge is 2.07. The highest BCUT2D eigenvalue weighted by atomic mass is 16.5. The SMILES string of the molecule is COc1ccc(N)cc1CNc1nccn2cnnc12. The van der Waals surface area contributed by atoms with Gasteiger partial charge in [-0.3, -0.25) is 4.40 Å². The second kappa shape index (κ2) is 5.04. The van der Waals surface area contributed by atoms with Crippen LogP contribution < -0.4 is 15.8 Å². The van der Waals surface area contributed by atoms with Gasteiger partial charge in [-0.25, -0.2) is 4.98 Å². The molecule has 0 aliphatic carbocycles. The Morgan fingerprint density at radius 1 is 1.40 bits per heavy atom. The third kappa shape index (κ3) is 2.20. The molecule has 2 aromatic heterocycles. The van der Waals surface area contributed by atoms with Gasteiger partial charge in [0.2, 0.25) is 5.65 Å². The van der Waals surface area contributed by atoms with E-state index in [4.69, 9.17) is 10.5 Å². The van der Waals surface area contributed by atoms with Crippen molar-refractivity contribution in [3.63, 3.8) is 0 Å². The summed E-state index contributed by atoms with van der Waals surface area (Å²) in [6.45, 7) is 0.535. The number of aromatic nitrogens is 4. The van der Waals surface area contributed by atoms with Crippen molar-refractivity contribution < 1.29 is 4.74 Å². The lowest BCUT2D eigenvalue weighted by atomic mass is 10.2. The zero-order chi connectivity index (χ0) is 13.9. The maximum Gasteiger partial charge on any atom is 0.203 e. The number of anilines is 2. The fraction of sp³-hybridized carbons (Fsp3) is 0.154. The molecule has 20 heavy (non-hydrogen) atoms. The number of nitrogens with two attached hydrogens (primary N) is 1. The molecule has 7 nitrogen and oxygen atoms in total. The number of methoxy groups -OCH3 is 1. The average molecular weight is 270 g/mol. The molecule has 0 unspecified atom stereocenters. The molecule has 0 radical (unpaired) electrons. The molecular weight excluding hydrogens is 256 g/mol. The van der Waals surface area contributed by atoms with Crippen LogP contribution in [0, 0.1) is 0 Å². The molecule has 0 amide bonds. The first kappa shape index (κ1) is 12.2. The summed E-state index contributed by atoms with van der Waals surface area (Å²) in [5, 5.41) is 11.1. The number of ether oxygens (including phenoxy) is 1. The van der Waals surface area contributed by atoms with Gasteiger partial charge >= 0.3 is 0 Å². The standard InChI is InChI=1S/C13H14N6O/c1-20-11-3-2-10(14)6-9(11)7-16-12-13-18-17-8-19(13)5-4-15-12/h2-6,8H,7,14H2,1H3,(H,15,16). The van der Waals surface area contributed by atoms with E-state index in [1.54, 1.807) is 36.3 Å². The molecule has 2 heterocycles. The number of rotatable bonds is 4. The highest BCUT2D eigenvalue weighted by molar-refractivity contribution is 5.62. The molecule has 0 saturated carbocycles. The largest absolute Gasteiger partial charge is 0.496 e. The smallest absolute Gasteiger partial charge is 0.203 e. The van der Waals surface area contributed by atoms with Crippen LogP contribution >= 0.6 is 0 Å². The molecule has 0 aliphatic heterocycles. The van der Waals surface area contributed by atoms with E-state index in [-0.39, 0.29) is 0 Å². The zero-order valence-electron chi connectivity index (χ0n) is 10.9. The number of fused-ring (bicyclic) bond motifs is 1. The van der Waals surface area contributed by atoms with E-state index in [9.17, 15) is 0 Å². The third-order valence-electron chi connectivity index (χ3n) is 2.97. The summed E-state index contributed by atoms with van der Waals surface area (Å²) in [4.78, 5) is 4.27. The molecule has 0 atom stereocenters. The second-order valence-electron chi connectivity index (χ2n) is 4.26. The number of nitrogen functional groups attached to an aromatic ring is 1. The summed E-state index contributed by atoms with van der Waals surface area (Å²) in [6.07, 6.45) is 5.11. The zero-order valence-corrected chi connectivity index (χ0v) is 10.9. The number of hydrogen-bond acceptors (Lipinski definition) is 6. The van der Waals surface area contributed by atoms with Gasteiger partial charge in [0.15, 0.2) is 5.82 Å². The Morgan fingerprint density at radius 3 is 3.15 bits per heavy atom. The van der Waals surface area contributed by atoms with Gasteiger partial charge in [-0.2, -0.15) is 0 Å². The summed E-state index contributed by atoms with van der Waals surface area (Å²) in [5.74, 6) is 1.44. The minimum atomic E-state index is 0.535. The fourth-order valence-electron chi connectivity index (χ4n) is 2.00. The Labute approximate surface area is 115 Å². The molecule has 3 aromatic rings. The first-order chi connectivity index (χ1) is 9.78. The fourth-order valence-corrected chi connectivity index (χ4v) is 2.00. The van der Waals surface area contributed by atoms with Crippen molar-refractivity contribution in [2.75, 3.05) is 18.2 Å². The van der Waals surface area contributed by atoms with Gasteiger partial charge in [-0.05, 0) is 18.2 Å². The number of hydrogen-bond donors (Lipinski definition) is 2. The van der Waals surface area contributed by atoms with Gasteiger partial charge in [-0.1, -0.05) is 0 Å². The second-order valence-corrected chi connectivity index (χ2v) is 4.26. The lowest BCUT2D eigenvalue weighted by molar-refractivity contribution is 0.410. The molecule has 7 heteroatoms. The Balaban J connectivity index is 1.86. The Bertz CT molecular complexity index is 739. The Hall–Kier alpha value is -2.83. The van der Waals surface area contributed by atoms with E-state index in [0.29, 0.717) is 23.7 Å². The van der Waals surface area contributed by atoms with E-state index in [1.807, 2.05) is 12.1 Å². The monoisotopic (exact) mass is 270 g/mol. The lowest BCUT2D eigenvalue weighted by Gasteiger charge is -2.11. The molecule has 3 N–H and O–H groups in total. The van der Waals surface area contributed by atoms with Gasteiger partial charge < -0.3 is 15.8 Å². The van der Waals surface area contributed by atoms with Crippen molar-refractivity contribution in [3.05, 3.63) is 42.5 Å². The van der Waals surface area contributed by atoms with Gasteiger partial charge in [0, 0.05) is 30.2 Å². The van der Waals surface area contributed by atoms with Crippen LogP contribution in [0.15, 0.2) is 36.9 Å². The molecule has 102 valence electrons. The van der Waals surface area contributed by atoms with Crippen molar-refractivity contribution in [1.29, 1.82) is 0 Å². The van der Waals surface area contributed by atoms with E-state index >= 15 is 0 Å². The maximum atomic E-state index is 5.80. The van der Waals surface area contributed by atoms with Crippen LogP contribution in [-0.4, -0.2) is 26.7 Å². The Kier molecular flexibility index (Phi) is 3.08. The van der Waals surface area contributed by atoms with Gasteiger partial charge in [-0.15, -0.1) is 10.2 Å². The van der Waals surface area contributed by atoms with E-state index in [1.165, 1.54) is 0 Å². The normalized spacial score (nSPS) is 10.7. The van der Waals surface area contributed by atoms with Crippen molar-refractivity contribution >= 4 is 17.2 Å². The van der Waals surface area contributed by atoms with Crippen molar-refractivity contribution in [1.82, 2.24) is 19.6 Å². The topological polar surface area (TPSA) is 90.4 Å². The summed E-state index contributed by atoms with van der Waals surface area (Å²) >= 11 is 0. The van der Waals surface area contributed by atoms with Gasteiger partial charge in [0.25, 0.3) is 0 Å². The van der Waals surface area contributed by atoms with Crippen molar-refractivity contribution in [2.24, 2.45) is 0 Å².